The van der Waals surface area contributed by atoms with Crippen LogP contribution in [0.5, 0.6) is 0 Å². The van der Waals surface area contributed by atoms with Gasteiger partial charge in [0.2, 0.25) is 0 Å². The van der Waals surface area contributed by atoms with Crippen LogP contribution in [0.3, 0.4) is 0 Å². The normalized spacial score (nSPS) is 18.9. The molecule has 0 aromatic heterocycles. The van der Waals surface area contributed by atoms with Crippen molar-refractivity contribution in [1.82, 2.24) is 0 Å². The van der Waals surface area contributed by atoms with Crippen molar-refractivity contribution < 1.29 is 76.6 Å². The van der Waals surface area contributed by atoms with Gasteiger partial charge in [0.15, 0.2) is 6.10 Å². The number of hydrogen-bond acceptors (Lipinski definition) is 13. The van der Waals surface area contributed by atoms with Crippen LogP contribution < -0.4 is 0 Å². The van der Waals surface area contributed by atoms with Crippen molar-refractivity contribution in [1.29, 1.82) is 0 Å². The van der Waals surface area contributed by atoms with Gasteiger partial charge in [-0.15, -0.1) is 0 Å². The number of phosphoric acid groups is 2. The van der Waals surface area contributed by atoms with Crippen LogP contribution in [0, 0.1) is 17.8 Å². The number of allylic oxidation sites excluding steroid dienone is 1. The fourth-order valence-corrected chi connectivity index (χ4v) is 9.60. The number of Topliss-reactive ketones (excluding diaryl/α,β-unsaturated/α-hetero) is 1. The lowest BCUT2D eigenvalue weighted by Crippen LogP contribution is -2.30. The Bertz CT molecular complexity index is 1420. The molecule has 0 spiro atoms. The summed E-state index contributed by atoms with van der Waals surface area (Å²) in [6, 6.07) is 0. The van der Waals surface area contributed by atoms with Gasteiger partial charge in [0.05, 0.1) is 32.0 Å². The Hall–Kier alpha value is -1.55. The molecule has 0 aromatic rings. The number of carbonyl (C=O) groups excluding carboxylic acids is 3. The number of carbonyl (C=O) groups is 3. The Morgan fingerprint density at radius 1 is 0.632 bits per heavy atom. The molecule has 1 aliphatic carbocycles. The van der Waals surface area contributed by atoms with Crippen molar-refractivity contribution in [3.8, 4) is 0 Å². The highest BCUT2D eigenvalue weighted by Crippen LogP contribution is 2.44. The Labute approximate surface area is 409 Å². The molecule has 0 amide bonds. The molecule has 0 heterocycles. The Balaban J connectivity index is 2.42. The van der Waals surface area contributed by atoms with Crippen molar-refractivity contribution in [2.24, 2.45) is 17.8 Å². The van der Waals surface area contributed by atoms with Gasteiger partial charge in [0.25, 0.3) is 0 Å². The molecule has 0 saturated heterocycles. The number of ketones is 1. The van der Waals surface area contributed by atoms with E-state index in [0.717, 1.165) is 50.9 Å². The summed E-state index contributed by atoms with van der Waals surface area (Å²) in [5.41, 5.74) is 0. The molecule has 1 saturated carbocycles. The zero-order chi connectivity index (χ0) is 50.5. The van der Waals surface area contributed by atoms with Crippen molar-refractivity contribution in [2.45, 2.75) is 244 Å². The van der Waals surface area contributed by atoms with Gasteiger partial charge in [-0.1, -0.05) is 187 Å². The topological polar surface area (TPSA) is 253 Å². The van der Waals surface area contributed by atoms with Crippen LogP contribution in [0.25, 0.3) is 0 Å². The third kappa shape index (κ3) is 37.3. The summed E-state index contributed by atoms with van der Waals surface area (Å²) < 4.78 is 48.0. The third-order valence-corrected chi connectivity index (χ3v) is 13.9. The van der Waals surface area contributed by atoms with Crippen LogP contribution in [0.2, 0.25) is 0 Å². The van der Waals surface area contributed by atoms with E-state index >= 15 is 0 Å². The van der Waals surface area contributed by atoms with Gasteiger partial charge in [0, 0.05) is 25.2 Å². The number of unbranched alkanes of at least 4 members (excludes halogenated alkanes) is 22. The second-order valence-electron chi connectivity index (χ2n) is 19.4. The minimum atomic E-state index is -4.90. The molecule has 1 fully saturated rings. The van der Waals surface area contributed by atoms with E-state index < -0.39 is 84.3 Å². The van der Waals surface area contributed by atoms with Gasteiger partial charge in [-0.25, -0.2) is 9.13 Å². The molecule has 0 bridgehead atoms. The molecule has 1 rings (SSSR count). The largest absolute Gasteiger partial charge is 0.472 e. The molecular weight excluding hydrogens is 918 g/mol. The lowest BCUT2D eigenvalue weighted by atomic mass is 9.88. The minimum absolute atomic E-state index is 0.00562. The number of phosphoric ester groups is 2. The highest BCUT2D eigenvalue weighted by Gasteiger charge is 2.39. The zero-order valence-corrected chi connectivity index (χ0v) is 43.9. The Morgan fingerprint density at radius 3 is 1.63 bits per heavy atom. The van der Waals surface area contributed by atoms with E-state index in [4.69, 9.17) is 28.3 Å². The van der Waals surface area contributed by atoms with E-state index in [1.807, 2.05) is 0 Å². The molecule has 16 nitrogen and oxygen atoms in total. The molecule has 0 aliphatic heterocycles. The first kappa shape index (κ1) is 64.5. The van der Waals surface area contributed by atoms with E-state index in [-0.39, 0.29) is 31.0 Å². The molecule has 7 atom stereocenters. The molecule has 0 aromatic carbocycles. The molecule has 6 N–H and O–H groups in total. The van der Waals surface area contributed by atoms with E-state index in [1.54, 1.807) is 12.2 Å². The van der Waals surface area contributed by atoms with Crippen molar-refractivity contribution in [3.05, 3.63) is 12.2 Å². The van der Waals surface area contributed by atoms with Crippen LogP contribution in [-0.2, 0) is 46.6 Å². The summed E-state index contributed by atoms with van der Waals surface area (Å²) >= 11 is 0. The fourth-order valence-electron chi connectivity index (χ4n) is 8.44. The first-order chi connectivity index (χ1) is 32.4. The van der Waals surface area contributed by atoms with Crippen LogP contribution in [0.15, 0.2) is 12.2 Å². The van der Waals surface area contributed by atoms with E-state index in [2.05, 4.69) is 25.3 Å². The third-order valence-electron chi connectivity index (χ3n) is 12.5. The number of rotatable bonds is 46. The molecule has 0 radical (unpaired) electrons. The summed E-state index contributed by atoms with van der Waals surface area (Å²) in [5, 5.41) is 30.6. The molecule has 1 aliphatic rings. The first-order valence-electron chi connectivity index (χ1n) is 26.3. The van der Waals surface area contributed by atoms with Gasteiger partial charge in [-0.2, -0.15) is 0 Å². The second-order valence-corrected chi connectivity index (χ2v) is 22.1. The van der Waals surface area contributed by atoms with Crippen LogP contribution in [-0.4, -0.2) is 98.6 Å². The van der Waals surface area contributed by atoms with Gasteiger partial charge in [-0.05, 0) is 37.5 Å². The lowest BCUT2D eigenvalue weighted by Gasteiger charge is -2.20. The van der Waals surface area contributed by atoms with Crippen molar-refractivity contribution in [2.75, 3.05) is 26.4 Å². The molecule has 400 valence electrons. The summed E-state index contributed by atoms with van der Waals surface area (Å²) in [4.78, 5) is 65.8. The average Bonchev–Trinajstić information content (AvgIpc) is 3.55. The predicted molar refractivity (Wildman–Crippen MR) is 263 cm³/mol. The van der Waals surface area contributed by atoms with E-state index in [1.165, 1.54) is 96.3 Å². The van der Waals surface area contributed by atoms with Crippen LogP contribution in [0.4, 0.5) is 0 Å². The summed E-state index contributed by atoms with van der Waals surface area (Å²) in [6.45, 7) is 3.78. The van der Waals surface area contributed by atoms with E-state index in [0.29, 0.717) is 38.5 Å². The van der Waals surface area contributed by atoms with Gasteiger partial charge >= 0.3 is 27.6 Å². The van der Waals surface area contributed by atoms with Crippen LogP contribution in [0.1, 0.15) is 220 Å². The quantitative estimate of drug-likeness (QED) is 0.0143. The highest BCUT2D eigenvalue weighted by atomic mass is 31.2. The zero-order valence-electron chi connectivity index (χ0n) is 42.1. The SMILES string of the molecule is CCCCC[C@H](O)/C=C/[C@H]1C(=O)C[C@H](O)[C@@H]1CCCCCCC(=O)O[C@H](COC(=O)CCCCCCCCCCCCCCCCCCCCC(C)C)COP(=O)(O)OC[C@@H](O)COP(=O)(O)O. The van der Waals surface area contributed by atoms with Crippen molar-refractivity contribution in [3.63, 3.8) is 0 Å². The molecular formula is C50H94O16P2. The number of hydrogen-bond donors (Lipinski definition) is 6. The van der Waals surface area contributed by atoms with Gasteiger partial charge in [-0.3, -0.25) is 28.0 Å². The maximum Gasteiger partial charge on any atom is 0.472 e. The predicted octanol–water partition coefficient (Wildman–Crippen LogP) is 10.9. The maximum absolute atomic E-state index is 12.8. The van der Waals surface area contributed by atoms with Gasteiger partial charge < -0.3 is 39.5 Å². The Kier molecular flexibility index (Phi) is 37.9. The van der Waals surface area contributed by atoms with Gasteiger partial charge in [0.1, 0.15) is 18.5 Å². The number of aliphatic hydroxyl groups excluding tert-OH is 3. The highest BCUT2D eigenvalue weighted by molar-refractivity contribution is 7.47. The maximum atomic E-state index is 12.8. The first-order valence-corrected chi connectivity index (χ1v) is 29.4. The average molecular weight is 1010 g/mol. The number of aliphatic hydroxyl groups is 3. The second kappa shape index (κ2) is 40.0. The minimum Gasteiger partial charge on any atom is -0.462 e. The summed E-state index contributed by atoms with van der Waals surface area (Å²) in [6.07, 6.45) is 29.6. The fraction of sp³-hybridized carbons (Fsp3) is 0.900. The molecule has 1 unspecified atom stereocenters. The standard InChI is InChI=1S/C50H94O16P2/c1-4-5-24-30-42(51)34-35-46-45(47(53)36-48(46)54)31-26-22-23-28-33-50(56)66-44(40-65-68(60,61)64-38-43(52)37-63-67(57,58)59)39-62-49(55)32-27-21-19-17-15-13-11-9-7-6-8-10-12-14-16-18-20-25-29-41(2)3/h34-35,41-47,51-53H,4-33,36-40H2,1-3H3,(H,60,61)(H2,57,58,59)/b35-34+/t42-,43-,44+,45+,46+,47-/m0/s1. The summed E-state index contributed by atoms with van der Waals surface area (Å²) in [5.74, 6) is -1.07. The lowest BCUT2D eigenvalue weighted by molar-refractivity contribution is -0.161. The van der Waals surface area contributed by atoms with Crippen molar-refractivity contribution >= 4 is 33.4 Å². The number of esters is 2. The summed E-state index contributed by atoms with van der Waals surface area (Å²) in [7, 11) is -9.77. The molecule has 18 heteroatoms. The smallest absolute Gasteiger partial charge is 0.462 e. The number of ether oxygens (including phenoxy) is 2. The molecule has 68 heavy (non-hydrogen) atoms. The van der Waals surface area contributed by atoms with E-state index in [9.17, 15) is 43.7 Å². The Morgan fingerprint density at radius 2 is 1.10 bits per heavy atom. The van der Waals surface area contributed by atoms with Crippen LogP contribution >= 0.6 is 15.6 Å². The monoisotopic (exact) mass is 1010 g/mol.